The largest absolute Gasteiger partial charge is 0.380 e. The zero-order valence-electron chi connectivity index (χ0n) is 8.78. The Hall–Kier alpha value is -0.870. The molecular weight excluding hydrogens is 182 g/mol. The van der Waals surface area contributed by atoms with Crippen molar-refractivity contribution < 1.29 is 14.3 Å². The van der Waals surface area contributed by atoms with Gasteiger partial charge in [0.05, 0.1) is 6.61 Å². The fourth-order valence-electron chi connectivity index (χ4n) is 1.47. The highest BCUT2D eigenvalue weighted by Crippen LogP contribution is 2.10. The molecule has 1 rings (SSSR count). The monoisotopic (exact) mass is 199 g/mol. The van der Waals surface area contributed by atoms with E-state index in [1.165, 1.54) is 12.7 Å². The molecule has 0 aliphatic carbocycles. The van der Waals surface area contributed by atoms with E-state index < -0.39 is 0 Å². The molecule has 0 spiro atoms. The number of amides is 1. The van der Waals surface area contributed by atoms with E-state index in [1.54, 1.807) is 12.0 Å². The summed E-state index contributed by atoms with van der Waals surface area (Å²) in [5, 5.41) is 0. The van der Waals surface area contributed by atoms with Gasteiger partial charge in [-0.05, 0) is 12.0 Å². The molecule has 1 amide bonds. The Kier molecular flexibility index (Phi) is 4.62. The molecule has 0 fully saturated rings. The van der Waals surface area contributed by atoms with Crippen LogP contribution in [0.4, 0.5) is 0 Å². The number of hydrogen-bond donors (Lipinski definition) is 0. The lowest BCUT2D eigenvalue weighted by atomic mass is 10.1. The van der Waals surface area contributed by atoms with E-state index in [9.17, 15) is 4.79 Å². The fraction of sp³-hybridized carbons (Fsp3) is 0.700. The van der Waals surface area contributed by atoms with Crippen molar-refractivity contribution in [2.75, 3.05) is 40.5 Å². The predicted molar refractivity (Wildman–Crippen MR) is 53.0 cm³/mol. The zero-order valence-corrected chi connectivity index (χ0v) is 8.78. The van der Waals surface area contributed by atoms with Crippen molar-refractivity contribution in [1.82, 2.24) is 4.90 Å². The van der Waals surface area contributed by atoms with E-state index in [-0.39, 0.29) is 12.5 Å². The van der Waals surface area contributed by atoms with E-state index in [0.717, 1.165) is 13.0 Å². The van der Waals surface area contributed by atoms with Gasteiger partial charge in [-0.3, -0.25) is 4.79 Å². The van der Waals surface area contributed by atoms with Crippen LogP contribution in [0.5, 0.6) is 0 Å². The Labute approximate surface area is 84.5 Å². The number of nitrogens with zero attached hydrogens (tertiary/aromatic N) is 1. The fourth-order valence-corrected chi connectivity index (χ4v) is 1.47. The molecule has 0 saturated heterocycles. The van der Waals surface area contributed by atoms with E-state index in [1.807, 2.05) is 0 Å². The minimum atomic E-state index is 0.0558. The standard InChI is InChI=1S/C10H17NO3/c1-13-7-9-3-5-11(6-4-9)10(12)8-14-2/h3H,4-8H2,1-2H3. The molecular formula is C10H17NO3. The molecule has 0 N–H and O–H groups in total. The summed E-state index contributed by atoms with van der Waals surface area (Å²) >= 11 is 0. The molecule has 0 aromatic heterocycles. The molecule has 0 atom stereocenters. The van der Waals surface area contributed by atoms with Crippen molar-refractivity contribution >= 4 is 5.91 Å². The Morgan fingerprint density at radius 1 is 1.50 bits per heavy atom. The van der Waals surface area contributed by atoms with E-state index in [4.69, 9.17) is 9.47 Å². The van der Waals surface area contributed by atoms with Gasteiger partial charge in [-0.1, -0.05) is 6.08 Å². The summed E-state index contributed by atoms with van der Waals surface area (Å²) in [6.07, 6.45) is 2.96. The van der Waals surface area contributed by atoms with Crippen LogP contribution in [0.15, 0.2) is 11.6 Å². The third-order valence-electron chi connectivity index (χ3n) is 2.25. The second-order valence-corrected chi connectivity index (χ2v) is 3.32. The van der Waals surface area contributed by atoms with Crippen LogP contribution in [-0.2, 0) is 14.3 Å². The number of methoxy groups -OCH3 is 2. The topological polar surface area (TPSA) is 38.8 Å². The minimum Gasteiger partial charge on any atom is -0.380 e. The second-order valence-electron chi connectivity index (χ2n) is 3.32. The van der Waals surface area contributed by atoms with Crippen molar-refractivity contribution in [2.45, 2.75) is 6.42 Å². The van der Waals surface area contributed by atoms with Crippen LogP contribution < -0.4 is 0 Å². The number of rotatable bonds is 4. The van der Waals surface area contributed by atoms with Crippen LogP contribution >= 0.6 is 0 Å². The summed E-state index contributed by atoms with van der Waals surface area (Å²) in [4.78, 5) is 13.2. The Bertz CT molecular complexity index is 225. The molecule has 0 saturated carbocycles. The zero-order chi connectivity index (χ0) is 10.4. The number of carbonyl (C=O) groups is 1. The predicted octanol–water partition coefficient (Wildman–Crippen LogP) is 0.438. The molecule has 4 nitrogen and oxygen atoms in total. The van der Waals surface area contributed by atoms with Crippen LogP contribution in [0.2, 0.25) is 0 Å². The number of carbonyl (C=O) groups excluding carboxylic acids is 1. The first-order chi connectivity index (χ1) is 6.77. The number of ether oxygens (including phenoxy) is 2. The third kappa shape index (κ3) is 3.12. The van der Waals surface area contributed by atoms with Crippen molar-refractivity contribution in [3.8, 4) is 0 Å². The van der Waals surface area contributed by atoms with E-state index in [2.05, 4.69) is 6.08 Å². The van der Waals surface area contributed by atoms with Crippen molar-refractivity contribution in [1.29, 1.82) is 0 Å². The molecule has 0 aromatic rings. The van der Waals surface area contributed by atoms with Crippen LogP contribution in [0.1, 0.15) is 6.42 Å². The van der Waals surface area contributed by atoms with Gasteiger partial charge >= 0.3 is 0 Å². The maximum Gasteiger partial charge on any atom is 0.248 e. The first-order valence-electron chi connectivity index (χ1n) is 4.71. The summed E-state index contributed by atoms with van der Waals surface area (Å²) in [7, 11) is 3.22. The quantitative estimate of drug-likeness (QED) is 0.617. The molecule has 0 aromatic carbocycles. The summed E-state index contributed by atoms with van der Waals surface area (Å²) < 4.78 is 9.82. The van der Waals surface area contributed by atoms with E-state index in [0.29, 0.717) is 13.2 Å². The van der Waals surface area contributed by atoms with Gasteiger partial charge in [0.25, 0.3) is 0 Å². The van der Waals surface area contributed by atoms with Gasteiger partial charge in [0, 0.05) is 27.3 Å². The molecule has 0 unspecified atom stereocenters. The normalized spacial score (nSPS) is 16.7. The second kappa shape index (κ2) is 5.78. The van der Waals surface area contributed by atoms with Crippen LogP contribution in [0.3, 0.4) is 0 Å². The van der Waals surface area contributed by atoms with Gasteiger partial charge in [-0.15, -0.1) is 0 Å². The third-order valence-corrected chi connectivity index (χ3v) is 2.25. The highest BCUT2D eigenvalue weighted by molar-refractivity contribution is 5.77. The van der Waals surface area contributed by atoms with Gasteiger partial charge in [0.15, 0.2) is 0 Å². The van der Waals surface area contributed by atoms with Crippen LogP contribution in [-0.4, -0.2) is 51.3 Å². The molecule has 1 aliphatic heterocycles. The molecule has 14 heavy (non-hydrogen) atoms. The highest BCUT2D eigenvalue weighted by Gasteiger charge is 2.16. The van der Waals surface area contributed by atoms with E-state index >= 15 is 0 Å². The molecule has 80 valence electrons. The van der Waals surface area contributed by atoms with Crippen molar-refractivity contribution in [3.05, 3.63) is 11.6 Å². The SMILES string of the molecule is COCC(=O)N1CC=C(COC)CC1. The average Bonchev–Trinajstić information content (AvgIpc) is 2.20. The van der Waals surface area contributed by atoms with Crippen molar-refractivity contribution in [2.24, 2.45) is 0 Å². The summed E-state index contributed by atoms with van der Waals surface area (Å²) in [5.74, 6) is 0.0558. The van der Waals surface area contributed by atoms with Gasteiger partial charge in [-0.25, -0.2) is 0 Å². The molecule has 0 radical (unpaired) electrons. The Morgan fingerprint density at radius 2 is 2.29 bits per heavy atom. The Morgan fingerprint density at radius 3 is 2.79 bits per heavy atom. The van der Waals surface area contributed by atoms with Crippen LogP contribution in [0.25, 0.3) is 0 Å². The van der Waals surface area contributed by atoms with Gasteiger partial charge < -0.3 is 14.4 Å². The summed E-state index contributed by atoms with van der Waals surface area (Å²) in [6.45, 7) is 2.30. The van der Waals surface area contributed by atoms with Gasteiger partial charge in [0.1, 0.15) is 6.61 Å². The summed E-state index contributed by atoms with van der Waals surface area (Å²) in [6, 6.07) is 0. The number of hydrogen-bond acceptors (Lipinski definition) is 3. The molecule has 0 bridgehead atoms. The van der Waals surface area contributed by atoms with Crippen LogP contribution in [0, 0.1) is 0 Å². The maximum absolute atomic E-state index is 11.4. The lowest BCUT2D eigenvalue weighted by Gasteiger charge is -2.26. The molecule has 1 aliphatic rings. The maximum atomic E-state index is 11.4. The average molecular weight is 199 g/mol. The van der Waals surface area contributed by atoms with Gasteiger partial charge in [0.2, 0.25) is 5.91 Å². The van der Waals surface area contributed by atoms with Gasteiger partial charge in [-0.2, -0.15) is 0 Å². The first-order valence-corrected chi connectivity index (χ1v) is 4.71. The van der Waals surface area contributed by atoms with Crippen molar-refractivity contribution in [3.63, 3.8) is 0 Å². The molecule has 4 heteroatoms. The lowest BCUT2D eigenvalue weighted by Crippen LogP contribution is -2.37. The lowest BCUT2D eigenvalue weighted by molar-refractivity contribution is -0.134. The summed E-state index contributed by atoms with van der Waals surface area (Å²) in [5.41, 5.74) is 1.27. The minimum absolute atomic E-state index is 0.0558. The molecule has 1 heterocycles. The first kappa shape index (κ1) is 11.2. The smallest absolute Gasteiger partial charge is 0.248 e. The highest BCUT2D eigenvalue weighted by atomic mass is 16.5. The Balaban J connectivity index is 2.38.